The summed E-state index contributed by atoms with van der Waals surface area (Å²) in [5.41, 5.74) is 0.562. The van der Waals surface area contributed by atoms with E-state index in [2.05, 4.69) is 27.8 Å². The van der Waals surface area contributed by atoms with E-state index in [0.29, 0.717) is 11.5 Å². The van der Waals surface area contributed by atoms with Crippen LogP contribution in [-0.4, -0.2) is 22.6 Å². The molecule has 1 amide bonds. The molecule has 1 aromatic heterocycles. The molecule has 21 heavy (non-hydrogen) atoms. The van der Waals surface area contributed by atoms with Crippen molar-refractivity contribution >= 4 is 17.4 Å². The molecule has 0 radical (unpaired) electrons. The van der Waals surface area contributed by atoms with Crippen molar-refractivity contribution < 1.29 is 9.18 Å². The summed E-state index contributed by atoms with van der Waals surface area (Å²) in [7, 11) is 0. The number of benzene rings is 1. The van der Waals surface area contributed by atoms with Crippen LogP contribution in [0.15, 0.2) is 36.4 Å². The fraction of sp³-hybridized carbons (Fsp3) is 0.267. The van der Waals surface area contributed by atoms with E-state index in [1.165, 1.54) is 18.2 Å². The smallest absolute Gasteiger partial charge is 0.276 e. The Hall–Kier alpha value is -2.50. The molecule has 5 nitrogen and oxygen atoms in total. The van der Waals surface area contributed by atoms with Gasteiger partial charge in [0.15, 0.2) is 5.69 Å². The van der Waals surface area contributed by atoms with Gasteiger partial charge in [-0.2, -0.15) is 0 Å². The van der Waals surface area contributed by atoms with Crippen LogP contribution in [0.3, 0.4) is 0 Å². The first-order chi connectivity index (χ1) is 10.2. The second-order valence-corrected chi connectivity index (χ2v) is 4.55. The summed E-state index contributed by atoms with van der Waals surface area (Å²) < 4.78 is 13.0. The maximum absolute atomic E-state index is 13.0. The number of aromatic nitrogens is 2. The number of carbonyl (C=O) groups excluding carboxylic acids is 1. The Balaban J connectivity index is 1.96. The molecule has 1 heterocycles. The van der Waals surface area contributed by atoms with Crippen LogP contribution in [0.4, 0.5) is 15.9 Å². The Morgan fingerprint density at radius 2 is 2.10 bits per heavy atom. The van der Waals surface area contributed by atoms with Gasteiger partial charge in [0.2, 0.25) is 0 Å². The quantitative estimate of drug-likeness (QED) is 0.802. The first-order valence-electron chi connectivity index (χ1n) is 6.83. The summed E-state index contributed by atoms with van der Waals surface area (Å²) in [6.07, 6.45) is 2.14. The zero-order valence-corrected chi connectivity index (χ0v) is 11.8. The van der Waals surface area contributed by atoms with Crippen molar-refractivity contribution in [1.82, 2.24) is 10.2 Å². The van der Waals surface area contributed by atoms with Crippen molar-refractivity contribution in [3.05, 3.63) is 47.9 Å². The molecular formula is C15H17FN4O. The Morgan fingerprint density at radius 3 is 2.76 bits per heavy atom. The Kier molecular flexibility index (Phi) is 5.20. The first kappa shape index (κ1) is 14.9. The summed E-state index contributed by atoms with van der Waals surface area (Å²) in [4.78, 5) is 11.9. The number of amides is 1. The molecule has 0 atom stereocenters. The highest BCUT2D eigenvalue weighted by atomic mass is 19.1. The lowest BCUT2D eigenvalue weighted by Gasteiger charge is -2.06. The molecule has 0 unspecified atom stereocenters. The molecule has 0 spiro atoms. The molecule has 0 saturated heterocycles. The Labute approximate surface area is 122 Å². The number of carbonyl (C=O) groups is 1. The van der Waals surface area contributed by atoms with Crippen molar-refractivity contribution in [3.63, 3.8) is 0 Å². The molecule has 0 aliphatic carbocycles. The van der Waals surface area contributed by atoms with Gasteiger partial charge in [-0.25, -0.2) is 4.39 Å². The van der Waals surface area contributed by atoms with Gasteiger partial charge in [-0.15, -0.1) is 10.2 Å². The van der Waals surface area contributed by atoms with Gasteiger partial charge in [-0.1, -0.05) is 19.4 Å². The minimum absolute atomic E-state index is 0.181. The zero-order chi connectivity index (χ0) is 15.1. The molecule has 1 aromatic carbocycles. The number of anilines is 2. The molecule has 110 valence electrons. The van der Waals surface area contributed by atoms with E-state index in [4.69, 9.17) is 0 Å². The predicted octanol–water partition coefficient (Wildman–Crippen LogP) is 3.08. The highest BCUT2D eigenvalue weighted by Gasteiger charge is 2.09. The fourth-order valence-electron chi connectivity index (χ4n) is 1.70. The van der Waals surface area contributed by atoms with Crippen LogP contribution >= 0.6 is 0 Å². The van der Waals surface area contributed by atoms with Gasteiger partial charge in [-0.05, 0) is 36.8 Å². The monoisotopic (exact) mass is 288 g/mol. The first-order valence-corrected chi connectivity index (χ1v) is 6.83. The lowest BCUT2D eigenvalue weighted by molar-refractivity contribution is 0.102. The molecule has 0 aliphatic rings. The summed E-state index contributed by atoms with van der Waals surface area (Å²) in [5, 5.41) is 13.5. The minimum Gasteiger partial charge on any atom is -0.369 e. The van der Waals surface area contributed by atoms with Gasteiger partial charge < -0.3 is 10.6 Å². The molecule has 2 rings (SSSR count). The van der Waals surface area contributed by atoms with Gasteiger partial charge in [0.05, 0.1) is 0 Å². The second-order valence-electron chi connectivity index (χ2n) is 4.55. The normalized spacial score (nSPS) is 10.2. The lowest BCUT2D eigenvalue weighted by Crippen LogP contribution is -2.15. The highest BCUT2D eigenvalue weighted by molar-refractivity contribution is 6.02. The van der Waals surface area contributed by atoms with Crippen LogP contribution in [-0.2, 0) is 0 Å². The van der Waals surface area contributed by atoms with Crippen LogP contribution in [0.2, 0.25) is 0 Å². The van der Waals surface area contributed by atoms with Crippen LogP contribution in [0, 0.1) is 5.82 Å². The largest absolute Gasteiger partial charge is 0.369 e. The van der Waals surface area contributed by atoms with Crippen molar-refractivity contribution in [2.45, 2.75) is 19.8 Å². The number of hydrogen-bond donors (Lipinski definition) is 2. The number of unbranched alkanes of at least 4 members (excludes halogenated alkanes) is 1. The van der Waals surface area contributed by atoms with Gasteiger partial charge in [0.25, 0.3) is 5.91 Å². The SMILES string of the molecule is CCCCNc1ccc(C(=O)Nc2cccc(F)c2)nn1. The van der Waals surface area contributed by atoms with Crippen molar-refractivity contribution in [2.75, 3.05) is 17.2 Å². The van der Waals surface area contributed by atoms with Crippen LogP contribution in [0.1, 0.15) is 30.3 Å². The van der Waals surface area contributed by atoms with Gasteiger partial charge in [-0.3, -0.25) is 4.79 Å². The molecular weight excluding hydrogens is 271 g/mol. The van der Waals surface area contributed by atoms with E-state index in [1.54, 1.807) is 18.2 Å². The number of nitrogens with zero attached hydrogens (tertiary/aromatic N) is 2. The second kappa shape index (κ2) is 7.33. The van der Waals surface area contributed by atoms with Crippen molar-refractivity contribution in [3.8, 4) is 0 Å². The van der Waals surface area contributed by atoms with Crippen molar-refractivity contribution in [2.24, 2.45) is 0 Å². The minimum atomic E-state index is -0.423. The van der Waals surface area contributed by atoms with E-state index in [-0.39, 0.29) is 5.69 Å². The standard InChI is InChI=1S/C15H17FN4O/c1-2-3-9-17-14-8-7-13(19-20-14)15(21)18-12-6-4-5-11(16)10-12/h4-8,10H,2-3,9H2,1H3,(H,17,20)(H,18,21). The molecule has 0 saturated carbocycles. The van der Waals surface area contributed by atoms with E-state index < -0.39 is 11.7 Å². The van der Waals surface area contributed by atoms with Gasteiger partial charge in [0, 0.05) is 12.2 Å². The molecule has 0 bridgehead atoms. The van der Waals surface area contributed by atoms with E-state index in [0.717, 1.165) is 19.4 Å². The third-order valence-corrected chi connectivity index (χ3v) is 2.82. The molecule has 2 N–H and O–H groups in total. The Morgan fingerprint density at radius 1 is 1.24 bits per heavy atom. The topological polar surface area (TPSA) is 66.9 Å². The van der Waals surface area contributed by atoms with Crippen LogP contribution in [0.5, 0.6) is 0 Å². The summed E-state index contributed by atoms with van der Waals surface area (Å²) in [5.74, 6) is -0.201. The van der Waals surface area contributed by atoms with Crippen LogP contribution in [0.25, 0.3) is 0 Å². The molecule has 0 fully saturated rings. The third-order valence-electron chi connectivity index (χ3n) is 2.82. The molecule has 6 heteroatoms. The highest BCUT2D eigenvalue weighted by Crippen LogP contribution is 2.11. The maximum Gasteiger partial charge on any atom is 0.276 e. The summed E-state index contributed by atoms with van der Waals surface area (Å²) in [6, 6.07) is 8.96. The van der Waals surface area contributed by atoms with Gasteiger partial charge >= 0.3 is 0 Å². The van der Waals surface area contributed by atoms with Gasteiger partial charge in [0.1, 0.15) is 11.6 Å². The number of hydrogen-bond acceptors (Lipinski definition) is 4. The fourth-order valence-corrected chi connectivity index (χ4v) is 1.70. The molecule has 2 aromatic rings. The van der Waals surface area contributed by atoms with E-state index in [9.17, 15) is 9.18 Å². The average molecular weight is 288 g/mol. The Bertz CT molecular complexity index is 601. The number of halogens is 1. The zero-order valence-electron chi connectivity index (χ0n) is 11.8. The third kappa shape index (κ3) is 4.52. The molecule has 0 aliphatic heterocycles. The van der Waals surface area contributed by atoms with Crippen LogP contribution < -0.4 is 10.6 Å². The number of nitrogens with one attached hydrogen (secondary N) is 2. The van der Waals surface area contributed by atoms with E-state index >= 15 is 0 Å². The maximum atomic E-state index is 13.0. The average Bonchev–Trinajstić information content (AvgIpc) is 2.48. The number of rotatable bonds is 6. The van der Waals surface area contributed by atoms with E-state index in [1.807, 2.05) is 0 Å². The lowest BCUT2D eigenvalue weighted by atomic mass is 10.3. The predicted molar refractivity (Wildman–Crippen MR) is 79.8 cm³/mol. The summed E-state index contributed by atoms with van der Waals surface area (Å²) >= 11 is 0. The van der Waals surface area contributed by atoms with Crippen molar-refractivity contribution in [1.29, 1.82) is 0 Å². The summed E-state index contributed by atoms with van der Waals surface area (Å²) in [6.45, 7) is 2.92.